The lowest BCUT2D eigenvalue weighted by Crippen LogP contribution is -2.55. The summed E-state index contributed by atoms with van der Waals surface area (Å²) in [5, 5.41) is 17.2. The van der Waals surface area contributed by atoms with Crippen molar-refractivity contribution < 1.29 is 14.7 Å². The average Bonchev–Trinajstić information content (AvgIpc) is 3.41. The topological polar surface area (TPSA) is 81.7 Å². The number of urea groups is 1. The zero-order chi connectivity index (χ0) is 18.8. The molecular formula is C21H25N3O3. The van der Waals surface area contributed by atoms with Gasteiger partial charge in [-0.3, -0.25) is 9.69 Å². The molecule has 2 saturated carbocycles. The van der Waals surface area contributed by atoms with E-state index in [-0.39, 0.29) is 24.7 Å². The summed E-state index contributed by atoms with van der Waals surface area (Å²) in [6.07, 6.45) is 4.03. The molecule has 142 valence electrons. The summed E-state index contributed by atoms with van der Waals surface area (Å²) in [6.45, 7) is 0.960. The second-order valence-electron chi connectivity index (χ2n) is 7.71. The zero-order valence-corrected chi connectivity index (χ0v) is 15.2. The van der Waals surface area contributed by atoms with E-state index in [1.54, 1.807) is 0 Å². The fourth-order valence-electron chi connectivity index (χ4n) is 3.83. The largest absolute Gasteiger partial charge is 0.480 e. The molecule has 2 amide bonds. The second kappa shape index (κ2) is 7.56. The normalized spacial score (nSPS) is 21.7. The van der Waals surface area contributed by atoms with Gasteiger partial charge in [0.2, 0.25) is 0 Å². The molecule has 2 aliphatic rings. The maximum Gasteiger partial charge on any atom is 0.319 e. The number of carboxylic acids is 1. The standard InChI is InChI=1S/C21H25N3O3/c25-20(26)13-24(12-14-8-9-14)17-10-16(11-17)22-21(27)23-19-7-3-5-15-4-1-2-6-18(15)19/h1-7,14,16-17H,8-13H2,(H,25,26)(H2,22,23,27). The Morgan fingerprint density at radius 3 is 2.56 bits per heavy atom. The third-order valence-electron chi connectivity index (χ3n) is 5.53. The molecule has 2 aromatic rings. The van der Waals surface area contributed by atoms with Crippen LogP contribution in [0.2, 0.25) is 0 Å². The van der Waals surface area contributed by atoms with Crippen LogP contribution in [0.25, 0.3) is 10.8 Å². The van der Waals surface area contributed by atoms with Gasteiger partial charge in [-0.1, -0.05) is 36.4 Å². The van der Waals surface area contributed by atoms with E-state index in [4.69, 9.17) is 5.11 Å². The van der Waals surface area contributed by atoms with Crippen molar-refractivity contribution in [2.75, 3.05) is 18.4 Å². The van der Waals surface area contributed by atoms with Gasteiger partial charge in [0.25, 0.3) is 0 Å². The van der Waals surface area contributed by atoms with Crippen LogP contribution in [0, 0.1) is 5.92 Å². The molecule has 6 nitrogen and oxygen atoms in total. The molecule has 0 spiro atoms. The molecule has 0 aliphatic heterocycles. The number of benzene rings is 2. The SMILES string of the molecule is O=C(O)CN(CC1CC1)C1CC(NC(=O)Nc2cccc3ccccc23)C1. The molecule has 6 heteroatoms. The number of rotatable bonds is 7. The summed E-state index contributed by atoms with van der Waals surface area (Å²) in [6, 6.07) is 13.9. The van der Waals surface area contributed by atoms with E-state index >= 15 is 0 Å². The highest BCUT2D eigenvalue weighted by molar-refractivity contribution is 6.01. The van der Waals surface area contributed by atoms with Gasteiger partial charge in [0.05, 0.1) is 12.2 Å². The van der Waals surface area contributed by atoms with Crippen molar-refractivity contribution in [2.24, 2.45) is 5.92 Å². The minimum atomic E-state index is -0.777. The van der Waals surface area contributed by atoms with E-state index in [0.29, 0.717) is 5.92 Å². The fraction of sp³-hybridized carbons (Fsp3) is 0.429. The number of aliphatic carboxylic acids is 1. The van der Waals surface area contributed by atoms with E-state index in [0.717, 1.165) is 35.8 Å². The van der Waals surface area contributed by atoms with Crippen molar-refractivity contribution in [1.82, 2.24) is 10.2 Å². The number of fused-ring (bicyclic) bond motifs is 1. The fourth-order valence-corrected chi connectivity index (χ4v) is 3.83. The first-order valence-corrected chi connectivity index (χ1v) is 9.59. The summed E-state index contributed by atoms with van der Waals surface area (Å²) >= 11 is 0. The number of carbonyl (C=O) groups is 2. The Balaban J connectivity index is 1.30. The minimum absolute atomic E-state index is 0.0933. The molecule has 4 rings (SSSR count). The van der Waals surface area contributed by atoms with Gasteiger partial charge >= 0.3 is 12.0 Å². The van der Waals surface area contributed by atoms with Crippen molar-refractivity contribution in [3.05, 3.63) is 42.5 Å². The van der Waals surface area contributed by atoms with Gasteiger partial charge in [-0.05, 0) is 43.1 Å². The molecule has 0 aromatic heterocycles. The maximum atomic E-state index is 12.4. The van der Waals surface area contributed by atoms with E-state index in [1.165, 1.54) is 12.8 Å². The number of nitrogens with one attached hydrogen (secondary N) is 2. The Morgan fingerprint density at radius 2 is 1.81 bits per heavy atom. The first kappa shape index (κ1) is 17.8. The van der Waals surface area contributed by atoms with E-state index in [2.05, 4.69) is 15.5 Å². The van der Waals surface area contributed by atoms with Gasteiger partial charge in [0.1, 0.15) is 0 Å². The Bertz CT molecular complexity index is 838. The number of anilines is 1. The van der Waals surface area contributed by atoms with Crippen LogP contribution in [-0.4, -0.2) is 47.2 Å². The summed E-state index contributed by atoms with van der Waals surface area (Å²) in [5.41, 5.74) is 0.794. The number of amides is 2. The van der Waals surface area contributed by atoms with Crippen LogP contribution in [0.3, 0.4) is 0 Å². The molecule has 0 unspecified atom stereocenters. The van der Waals surface area contributed by atoms with Gasteiger partial charge in [0.15, 0.2) is 0 Å². The predicted octanol–water partition coefficient (Wildman–Crippen LogP) is 3.29. The van der Waals surface area contributed by atoms with Crippen molar-refractivity contribution in [3.8, 4) is 0 Å². The van der Waals surface area contributed by atoms with Gasteiger partial charge in [0, 0.05) is 24.0 Å². The highest BCUT2D eigenvalue weighted by Gasteiger charge is 2.37. The molecule has 0 radical (unpaired) electrons. The molecule has 27 heavy (non-hydrogen) atoms. The number of carbonyl (C=O) groups excluding carboxylic acids is 1. The molecule has 0 atom stereocenters. The Labute approximate surface area is 158 Å². The number of carboxylic acid groups (broad SMARTS) is 1. The molecule has 2 aliphatic carbocycles. The lowest BCUT2D eigenvalue weighted by Gasteiger charge is -2.42. The highest BCUT2D eigenvalue weighted by atomic mass is 16.4. The van der Waals surface area contributed by atoms with Gasteiger partial charge < -0.3 is 15.7 Å². The average molecular weight is 367 g/mol. The van der Waals surface area contributed by atoms with Gasteiger partial charge in [-0.2, -0.15) is 0 Å². The van der Waals surface area contributed by atoms with Gasteiger partial charge in [-0.25, -0.2) is 4.79 Å². The smallest absolute Gasteiger partial charge is 0.319 e. The molecule has 0 bridgehead atoms. The van der Waals surface area contributed by atoms with Crippen molar-refractivity contribution in [2.45, 2.75) is 37.8 Å². The molecule has 2 fully saturated rings. The predicted molar refractivity (Wildman–Crippen MR) is 105 cm³/mol. The van der Waals surface area contributed by atoms with Gasteiger partial charge in [-0.15, -0.1) is 0 Å². The molecule has 2 aromatic carbocycles. The number of nitrogens with zero attached hydrogens (tertiary/aromatic N) is 1. The lowest BCUT2D eigenvalue weighted by molar-refractivity contribution is -0.139. The van der Waals surface area contributed by atoms with Crippen molar-refractivity contribution in [1.29, 1.82) is 0 Å². The van der Waals surface area contributed by atoms with E-state index < -0.39 is 5.97 Å². The molecule has 3 N–H and O–H groups in total. The summed E-state index contributed by atoms with van der Waals surface area (Å²) in [7, 11) is 0. The maximum absolute atomic E-state index is 12.4. The van der Waals surface area contributed by atoms with E-state index in [9.17, 15) is 9.59 Å². The Hall–Kier alpha value is -2.60. The highest BCUT2D eigenvalue weighted by Crippen LogP contribution is 2.33. The quantitative estimate of drug-likeness (QED) is 0.701. The summed E-state index contributed by atoms with van der Waals surface area (Å²) in [5.74, 6) is -0.119. The van der Waals surface area contributed by atoms with Crippen LogP contribution >= 0.6 is 0 Å². The van der Waals surface area contributed by atoms with Crippen molar-refractivity contribution in [3.63, 3.8) is 0 Å². The summed E-state index contributed by atoms with van der Waals surface area (Å²) in [4.78, 5) is 25.5. The number of hydrogen-bond acceptors (Lipinski definition) is 3. The number of hydrogen-bond donors (Lipinski definition) is 3. The Kier molecular flexibility index (Phi) is 4.99. The van der Waals surface area contributed by atoms with Crippen LogP contribution in [-0.2, 0) is 4.79 Å². The first-order valence-electron chi connectivity index (χ1n) is 9.59. The molecule has 0 heterocycles. The van der Waals surface area contributed by atoms with E-state index in [1.807, 2.05) is 42.5 Å². The van der Waals surface area contributed by atoms with Crippen LogP contribution in [0.5, 0.6) is 0 Å². The summed E-state index contributed by atoms with van der Waals surface area (Å²) < 4.78 is 0. The van der Waals surface area contributed by atoms with Crippen LogP contribution in [0.1, 0.15) is 25.7 Å². The Morgan fingerprint density at radius 1 is 1.07 bits per heavy atom. The second-order valence-corrected chi connectivity index (χ2v) is 7.71. The van der Waals surface area contributed by atoms with Crippen LogP contribution in [0.4, 0.5) is 10.5 Å². The minimum Gasteiger partial charge on any atom is -0.480 e. The zero-order valence-electron chi connectivity index (χ0n) is 15.2. The van der Waals surface area contributed by atoms with Crippen LogP contribution < -0.4 is 10.6 Å². The third kappa shape index (κ3) is 4.39. The lowest BCUT2D eigenvalue weighted by atomic mass is 9.85. The first-order chi connectivity index (χ1) is 13.1. The van der Waals surface area contributed by atoms with Crippen molar-refractivity contribution >= 4 is 28.5 Å². The van der Waals surface area contributed by atoms with Crippen LogP contribution in [0.15, 0.2) is 42.5 Å². The monoisotopic (exact) mass is 367 g/mol. The molecular weight excluding hydrogens is 342 g/mol. The molecule has 0 saturated heterocycles. The third-order valence-corrected chi connectivity index (χ3v) is 5.53.